The van der Waals surface area contributed by atoms with Crippen LogP contribution in [0.25, 0.3) is 0 Å². The van der Waals surface area contributed by atoms with Gasteiger partial charge in [0.1, 0.15) is 0 Å². The van der Waals surface area contributed by atoms with E-state index < -0.39 is 0 Å². The molecule has 0 aromatic carbocycles. The molecule has 0 bridgehead atoms. The Morgan fingerprint density at radius 3 is 3.00 bits per heavy atom. The maximum atomic E-state index is 5.91. The van der Waals surface area contributed by atoms with Crippen molar-refractivity contribution in [2.45, 2.75) is 24.5 Å². The summed E-state index contributed by atoms with van der Waals surface area (Å²) in [6.07, 6.45) is 2.12. The third kappa shape index (κ3) is 0.779. The molecule has 0 saturated carbocycles. The summed E-state index contributed by atoms with van der Waals surface area (Å²) in [5.74, 6) is 0. The summed E-state index contributed by atoms with van der Waals surface area (Å²) >= 11 is 0. The molecule has 2 unspecified atom stereocenters. The minimum Gasteiger partial charge on any atom is -0.372 e. The van der Waals surface area contributed by atoms with E-state index in [0.29, 0.717) is 0 Å². The average molecular weight is 142 g/mol. The van der Waals surface area contributed by atoms with Crippen molar-refractivity contribution < 1.29 is 4.74 Å². The van der Waals surface area contributed by atoms with Crippen molar-refractivity contribution in [1.82, 2.24) is 5.32 Å². The van der Waals surface area contributed by atoms with Gasteiger partial charge in [0, 0.05) is 19.2 Å². The minimum atomic E-state index is 0.0139. The summed E-state index contributed by atoms with van der Waals surface area (Å²) in [4.78, 5) is 0. The van der Waals surface area contributed by atoms with E-state index in [1.807, 2.05) is 0 Å². The number of hydrogen-bond acceptors (Lipinski definition) is 3. The summed E-state index contributed by atoms with van der Waals surface area (Å²) in [6.45, 7) is 2.87. The molecule has 0 aliphatic carbocycles. The lowest BCUT2D eigenvalue weighted by Crippen LogP contribution is -2.46. The Morgan fingerprint density at radius 1 is 1.60 bits per heavy atom. The highest BCUT2D eigenvalue weighted by molar-refractivity contribution is 5.01. The second kappa shape index (κ2) is 2.19. The van der Waals surface area contributed by atoms with Gasteiger partial charge in [-0.15, -0.1) is 0 Å². The van der Waals surface area contributed by atoms with Crippen molar-refractivity contribution in [1.29, 1.82) is 0 Å². The first kappa shape index (κ1) is 6.58. The molecule has 0 aromatic rings. The molecule has 2 saturated heterocycles. The Hall–Kier alpha value is -0.120. The van der Waals surface area contributed by atoms with E-state index in [9.17, 15) is 0 Å². The first-order valence-electron chi connectivity index (χ1n) is 3.94. The Kier molecular flexibility index (Phi) is 1.44. The van der Waals surface area contributed by atoms with E-state index >= 15 is 0 Å². The molecular formula is C7H14N2O. The highest BCUT2D eigenvalue weighted by atomic mass is 16.5. The monoisotopic (exact) mass is 142 g/mol. The molecule has 3 N–H and O–H groups in total. The van der Waals surface area contributed by atoms with Crippen LogP contribution in [-0.2, 0) is 4.74 Å². The molecule has 10 heavy (non-hydrogen) atoms. The Bertz CT molecular complexity index is 126. The van der Waals surface area contributed by atoms with Gasteiger partial charge in [0.25, 0.3) is 0 Å². The molecule has 2 rings (SSSR count). The predicted molar refractivity (Wildman–Crippen MR) is 38.8 cm³/mol. The van der Waals surface area contributed by atoms with Crippen LogP contribution in [0.15, 0.2) is 0 Å². The van der Waals surface area contributed by atoms with Crippen molar-refractivity contribution in [2.24, 2.45) is 5.73 Å². The third-order valence-electron chi connectivity index (χ3n) is 2.64. The Morgan fingerprint density at radius 2 is 2.50 bits per heavy atom. The van der Waals surface area contributed by atoms with Crippen LogP contribution in [0.2, 0.25) is 0 Å². The number of ether oxygens (including phenoxy) is 1. The van der Waals surface area contributed by atoms with Gasteiger partial charge >= 0.3 is 0 Å². The topological polar surface area (TPSA) is 47.3 Å². The minimum absolute atomic E-state index is 0.0139. The van der Waals surface area contributed by atoms with Gasteiger partial charge in [0.05, 0.1) is 5.60 Å². The van der Waals surface area contributed by atoms with Crippen LogP contribution in [0.5, 0.6) is 0 Å². The Labute approximate surface area is 60.9 Å². The lowest BCUT2D eigenvalue weighted by molar-refractivity contribution is 0.0133. The second-order valence-corrected chi connectivity index (χ2v) is 3.24. The first-order valence-corrected chi connectivity index (χ1v) is 3.94. The van der Waals surface area contributed by atoms with Gasteiger partial charge in [-0.05, 0) is 19.4 Å². The summed E-state index contributed by atoms with van der Waals surface area (Å²) < 4.78 is 5.63. The van der Waals surface area contributed by atoms with Crippen molar-refractivity contribution >= 4 is 0 Å². The van der Waals surface area contributed by atoms with Gasteiger partial charge in [-0.1, -0.05) is 0 Å². The molecule has 2 atom stereocenters. The highest BCUT2D eigenvalue weighted by Crippen LogP contribution is 2.29. The van der Waals surface area contributed by atoms with Crippen LogP contribution >= 0.6 is 0 Å². The molecule has 3 nitrogen and oxygen atoms in total. The number of nitrogens with one attached hydrogen (secondary N) is 1. The van der Waals surface area contributed by atoms with Crippen molar-refractivity contribution in [3.8, 4) is 0 Å². The summed E-state index contributed by atoms with van der Waals surface area (Å²) in [5, 5.41) is 3.28. The van der Waals surface area contributed by atoms with Crippen LogP contribution in [0.1, 0.15) is 12.8 Å². The van der Waals surface area contributed by atoms with Crippen molar-refractivity contribution in [3.63, 3.8) is 0 Å². The molecule has 2 fully saturated rings. The van der Waals surface area contributed by atoms with Gasteiger partial charge in [-0.25, -0.2) is 0 Å². The van der Waals surface area contributed by atoms with Crippen LogP contribution in [0, 0.1) is 0 Å². The summed E-state index contributed by atoms with van der Waals surface area (Å²) in [5.41, 5.74) is 5.92. The predicted octanol–water partition coefficient (Wildman–Crippen LogP) is -0.534. The molecule has 0 radical (unpaired) electrons. The van der Waals surface area contributed by atoms with Crippen LogP contribution < -0.4 is 11.1 Å². The van der Waals surface area contributed by atoms with Crippen molar-refractivity contribution in [3.05, 3.63) is 0 Å². The maximum Gasteiger partial charge on any atom is 0.0968 e. The normalized spacial score (nSPS) is 47.1. The summed E-state index contributed by atoms with van der Waals surface area (Å²) in [7, 11) is 0. The molecule has 1 spiro atoms. The number of nitrogens with two attached hydrogens (primary N) is 1. The quantitative estimate of drug-likeness (QED) is 0.478. The molecular weight excluding hydrogens is 128 g/mol. The zero-order valence-corrected chi connectivity index (χ0v) is 6.10. The van der Waals surface area contributed by atoms with Crippen molar-refractivity contribution in [2.75, 3.05) is 19.7 Å². The molecule has 0 aromatic heterocycles. The van der Waals surface area contributed by atoms with Crippen LogP contribution in [-0.4, -0.2) is 31.3 Å². The van der Waals surface area contributed by atoms with E-state index in [1.54, 1.807) is 0 Å². The largest absolute Gasteiger partial charge is 0.372 e. The molecule has 2 aliphatic rings. The van der Waals surface area contributed by atoms with Gasteiger partial charge in [-0.2, -0.15) is 0 Å². The fraction of sp³-hybridized carbons (Fsp3) is 1.00. The number of hydrogen-bond donors (Lipinski definition) is 2. The lowest BCUT2D eigenvalue weighted by atomic mass is 9.94. The second-order valence-electron chi connectivity index (χ2n) is 3.24. The number of rotatable bonds is 0. The van der Waals surface area contributed by atoms with E-state index in [2.05, 4.69) is 5.32 Å². The molecule has 0 amide bonds. The van der Waals surface area contributed by atoms with Gasteiger partial charge in [0.15, 0.2) is 0 Å². The van der Waals surface area contributed by atoms with Crippen LogP contribution in [0.3, 0.4) is 0 Å². The van der Waals surface area contributed by atoms with Gasteiger partial charge < -0.3 is 15.8 Å². The third-order valence-corrected chi connectivity index (χ3v) is 2.64. The lowest BCUT2D eigenvalue weighted by Gasteiger charge is -2.25. The van der Waals surface area contributed by atoms with E-state index in [-0.39, 0.29) is 11.6 Å². The molecule has 58 valence electrons. The van der Waals surface area contributed by atoms with E-state index in [1.165, 1.54) is 0 Å². The van der Waals surface area contributed by atoms with E-state index in [4.69, 9.17) is 10.5 Å². The standard InChI is InChI=1S/C7H14N2O/c8-6-1-4-10-7(6)2-3-9-5-7/h6,9H,1-5,8H2. The van der Waals surface area contributed by atoms with Gasteiger partial charge in [0.2, 0.25) is 0 Å². The maximum absolute atomic E-state index is 5.91. The molecule has 2 heterocycles. The fourth-order valence-corrected chi connectivity index (χ4v) is 1.89. The fourth-order valence-electron chi connectivity index (χ4n) is 1.89. The molecule has 3 heteroatoms. The zero-order chi connectivity index (χ0) is 7.03. The van der Waals surface area contributed by atoms with Crippen LogP contribution in [0.4, 0.5) is 0 Å². The first-order chi connectivity index (χ1) is 4.83. The smallest absolute Gasteiger partial charge is 0.0968 e. The zero-order valence-electron chi connectivity index (χ0n) is 6.10. The van der Waals surface area contributed by atoms with Gasteiger partial charge in [-0.3, -0.25) is 0 Å². The summed E-state index contributed by atoms with van der Waals surface area (Å²) in [6, 6.07) is 0.266. The highest BCUT2D eigenvalue weighted by Gasteiger charge is 2.44. The Balaban J connectivity index is 2.11. The molecule has 2 aliphatic heterocycles. The van der Waals surface area contributed by atoms with E-state index in [0.717, 1.165) is 32.5 Å². The SMILES string of the molecule is NC1CCOC12CCNC2. The average Bonchev–Trinajstić information content (AvgIpc) is 2.48.